The summed E-state index contributed by atoms with van der Waals surface area (Å²) >= 11 is 1.69. The highest BCUT2D eigenvalue weighted by atomic mass is 32.2. The van der Waals surface area contributed by atoms with E-state index in [4.69, 9.17) is 0 Å². The number of rotatable bonds is 7. The van der Waals surface area contributed by atoms with Crippen LogP contribution < -0.4 is 10.0 Å². The average molecular weight is 310 g/mol. The smallest absolute Gasteiger partial charge is 0.240 e. The molecule has 1 aromatic heterocycles. The van der Waals surface area contributed by atoms with Crippen LogP contribution in [0.15, 0.2) is 52.7 Å². The molecule has 1 unspecified atom stereocenters. The summed E-state index contributed by atoms with van der Waals surface area (Å²) in [6, 6.07) is 12.7. The van der Waals surface area contributed by atoms with Gasteiger partial charge in [-0.1, -0.05) is 24.3 Å². The number of nitrogens with one attached hydrogen (secondary N) is 2. The van der Waals surface area contributed by atoms with Crippen LogP contribution in [0.25, 0.3) is 0 Å². The molecule has 6 heteroatoms. The average Bonchev–Trinajstić information content (AvgIpc) is 2.98. The van der Waals surface area contributed by atoms with Gasteiger partial charge in [-0.05, 0) is 30.5 Å². The summed E-state index contributed by atoms with van der Waals surface area (Å²) in [7, 11) is -3.40. The van der Waals surface area contributed by atoms with Gasteiger partial charge in [-0.2, -0.15) is 0 Å². The van der Waals surface area contributed by atoms with E-state index >= 15 is 0 Å². The Balaban J connectivity index is 1.79. The SMILES string of the molecule is CC(NCCNS(=O)(=O)c1ccccc1)c1cccs1. The molecule has 4 nitrogen and oxygen atoms in total. The molecule has 0 aliphatic heterocycles. The van der Waals surface area contributed by atoms with Crippen molar-refractivity contribution < 1.29 is 8.42 Å². The first kappa shape index (κ1) is 15.2. The van der Waals surface area contributed by atoms with E-state index in [1.807, 2.05) is 11.4 Å². The van der Waals surface area contributed by atoms with E-state index in [0.717, 1.165) is 0 Å². The number of thiophene rings is 1. The first-order chi connectivity index (χ1) is 9.59. The van der Waals surface area contributed by atoms with E-state index in [2.05, 4.69) is 23.0 Å². The van der Waals surface area contributed by atoms with Gasteiger partial charge in [0.1, 0.15) is 0 Å². The van der Waals surface area contributed by atoms with Crippen molar-refractivity contribution in [3.63, 3.8) is 0 Å². The molecule has 2 aromatic rings. The van der Waals surface area contributed by atoms with E-state index in [0.29, 0.717) is 18.0 Å². The fourth-order valence-corrected chi connectivity index (χ4v) is 3.61. The lowest BCUT2D eigenvalue weighted by molar-refractivity contribution is 0.557. The van der Waals surface area contributed by atoms with E-state index in [9.17, 15) is 8.42 Å². The zero-order valence-electron chi connectivity index (χ0n) is 11.2. The normalized spacial score (nSPS) is 13.2. The monoisotopic (exact) mass is 310 g/mol. The van der Waals surface area contributed by atoms with E-state index in [1.54, 1.807) is 41.7 Å². The summed E-state index contributed by atoms with van der Waals surface area (Å²) < 4.78 is 26.5. The predicted molar refractivity (Wildman–Crippen MR) is 82.4 cm³/mol. The predicted octanol–water partition coefficient (Wildman–Crippen LogP) is 2.38. The van der Waals surface area contributed by atoms with E-state index in [1.165, 1.54) is 4.88 Å². The van der Waals surface area contributed by atoms with Gasteiger partial charge >= 0.3 is 0 Å². The molecule has 1 heterocycles. The molecule has 20 heavy (non-hydrogen) atoms. The third-order valence-electron chi connectivity index (χ3n) is 2.89. The topological polar surface area (TPSA) is 58.2 Å². The Bertz CT molecular complexity index is 610. The molecule has 0 radical (unpaired) electrons. The summed E-state index contributed by atoms with van der Waals surface area (Å²) in [5, 5.41) is 5.33. The molecule has 1 aromatic carbocycles. The Morgan fingerprint density at radius 2 is 1.85 bits per heavy atom. The van der Waals surface area contributed by atoms with Crippen LogP contribution in [0.1, 0.15) is 17.8 Å². The van der Waals surface area contributed by atoms with Gasteiger partial charge in [-0.3, -0.25) is 0 Å². The highest BCUT2D eigenvalue weighted by Gasteiger charge is 2.12. The van der Waals surface area contributed by atoms with Crippen molar-refractivity contribution in [2.75, 3.05) is 13.1 Å². The van der Waals surface area contributed by atoms with Crippen LogP contribution in [-0.4, -0.2) is 21.5 Å². The third-order valence-corrected chi connectivity index (χ3v) is 5.42. The Labute approximate surface area is 123 Å². The Hall–Kier alpha value is -1.21. The minimum atomic E-state index is -3.40. The van der Waals surface area contributed by atoms with E-state index < -0.39 is 10.0 Å². The van der Waals surface area contributed by atoms with Gasteiger partial charge in [0.15, 0.2) is 0 Å². The second-order valence-corrected chi connectivity index (χ2v) is 7.15. The molecular weight excluding hydrogens is 292 g/mol. The molecule has 2 N–H and O–H groups in total. The minimum absolute atomic E-state index is 0.233. The number of hydrogen-bond donors (Lipinski definition) is 2. The van der Waals surface area contributed by atoms with Gasteiger partial charge in [0, 0.05) is 24.0 Å². The maximum Gasteiger partial charge on any atom is 0.240 e. The van der Waals surface area contributed by atoms with Gasteiger partial charge in [0.05, 0.1) is 4.90 Å². The first-order valence-electron chi connectivity index (χ1n) is 6.41. The summed E-state index contributed by atoms with van der Waals surface area (Å²) in [5.41, 5.74) is 0. The molecule has 0 fully saturated rings. The summed E-state index contributed by atoms with van der Waals surface area (Å²) in [5.74, 6) is 0. The fourth-order valence-electron chi connectivity index (χ4n) is 1.80. The summed E-state index contributed by atoms with van der Waals surface area (Å²) in [6.45, 7) is 3.02. The fraction of sp³-hybridized carbons (Fsp3) is 0.286. The van der Waals surface area contributed by atoms with Crippen molar-refractivity contribution in [2.45, 2.75) is 17.9 Å². The van der Waals surface area contributed by atoms with Crippen LogP contribution in [0.5, 0.6) is 0 Å². The van der Waals surface area contributed by atoms with Crippen LogP contribution in [0, 0.1) is 0 Å². The third kappa shape index (κ3) is 4.14. The van der Waals surface area contributed by atoms with Crippen molar-refractivity contribution in [3.8, 4) is 0 Å². The highest BCUT2D eigenvalue weighted by molar-refractivity contribution is 7.89. The number of benzene rings is 1. The molecule has 0 bridgehead atoms. The van der Waals surface area contributed by atoms with Gasteiger partial charge in [0.2, 0.25) is 10.0 Å². The molecule has 0 spiro atoms. The van der Waals surface area contributed by atoms with Crippen LogP contribution in [-0.2, 0) is 10.0 Å². The van der Waals surface area contributed by atoms with Gasteiger partial charge in [-0.15, -0.1) is 11.3 Å². The van der Waals surface area contributed by atoms with Crippen molar-refractivity contribution in [1.82, 2.24) is 10.0 Å². The maximum atomic E-state index is 12.0. The molecule has 1 atom stereocenters. The van der Waals surface area contributed by atoms with Crippen molar-refractivity contribution >= 4 is 21.4 Å². The van der Waals surface area contributed by atoms with Gasteiger partial charge in [0.25, 0.3) is 0 Å². The molecule has 0 aliphatic carbocycles. The highest BCUT2D eigenvalue weighted by Crippen LogP contribution is 2.17. The summed E-state index contributed by atoms with van der Waals surface area (Å²) in [4.78, 5) is 1.54. The van der Waals surface area contributed by atoms with Gasteiger partial charge in [-0.25, -0.2) is 13.1 Å². The first-order valence-corrected chi connectivity index (χ1v) is 8.77. The molecule has 0 saturated heterocycles. The van der Waals surface area contributed by atoms with Crippen LogP contribution in [0.3, 0.4) is 0 Å². The number of sulfonamides is 1. The second-order valence-electron chi connectivity index (χ2n) is 4.40. The largest absolute Gasteiger partial charge is 0.308 e. The lowest BCUT2D eigenvalue weighted by Gasteiger charge is -2.12. The van der Waals surface area contributed by atoms with Gasteiger partial charge < -0.3 is 5.32 Å². The lowest BCUT2D eigenvalue weighted by Crippen LogP contribution is -2.32. The second kappa shape index (κ2) is 6.99. The minimum Gasteiger partial charge on any atom is -0.308 e. The van der Waals surface area contributed by atoms with Crippen LogP contribution in [0.2, 0.25) is 0 Å². The molecule has 0 amide bonds. The Kier molecular flexibility index (Phi) is 5.31. The van der Waals surface area contributed by atoms with Crippen LogP contribution >= 0.6 is 11.3 Å². The van der Waals surface area contributed by atoms with E-state index in [-0.39, 0.29) is 6.04 Å². The summed E-state index contributed by atoms with van der Waals surface area (Å²) in [6.07, 6.45) is 0. The molecule has 108 valence electrons. The van der Waals surface area contributed by atoms with Crippen LogP contribution in [0.4, 0.5) is 0 Å². The molecular formula is C14H18N2O2S2. The van der Waals surface area contributed by atoms with Crippen molar-refractivity contribution in [2.24, 2.45) is 0 Å². The van der Waals surface area contributed by atoms with Crippen molar-refractivity contribution in [3.05, 3.63) is 52.7 Å². The maximum absolute atomic E-state index is 12.0. The Morgan fingerprint density at radius 1 is 1.10 bits per heavy atom. The van der Waals surface area contributed by atoms with Crippen molar-refractivity contribution in [1.29, 1.82) is 0 Å². The standard InChI is InChI=1S/C14H18N2O2S2/c1-12(14-8-5-11-19-14)15-9-10-16-20(17,18)13-6-3-2-4-7-13/h2-8,11-12,15-16H,9-10H2,1H3. The molecule has 0 aliphatic rings. The number of hydrogen-bond acceptors (Lipinski definition) is 4. The zero-order chi connectivity index (χ0) is 14.4. The molecule has 0 saturated carbocycles. The zero-order valence-corrected chi connectivity index (χ0v) is 12.9. The quantitative estimate of drug-likeness (QED) is 0.772. The Morgan fingerprint density at radius 3 is 2.50 bits per heavy atom. The lowest BCUT2D eigenvalue weighted by atomic mass is 10.3. The molecule has 2 rings (SSSR count).